The fourth-order valence-electron chi connectivity index (χ4n) is 4.04. The summed E-state index contributed by atoms with van der Waals surface area (Å²) in [5.74, 6) is -0.364. The third-order valence-corrected chi connectivity index (χ3v) is 6.18. The highest BCUT2D eigenvalue weighted by molar-refractivity contribution is 5.81. The van der Waals surface area contributed by atoms with E-state index in [4.69, 9.17) is 15.2 Å². The van der Waals surface area contributed by atoms with Crippen LogP contribution in [0.15, 0.2) is 66.8 Å². The van der Waals surface area contributed by atoms with E-state index in [-0.39, 0.29) is 5.97 Å². The summed E-state index contributed by atoms with van der Waals surface area (Å²) in [6, 6.07) is 9.38. The van der Waals surface area contributed by atoms with E-state index >= 15 is 0 Å². The minimum absolute atomic E-state index is 0.341. The minimum Gasteiger partial charge on any atom is -0.464 e. The van der Waals surface area contributed by atoms with Crippen LogP contribution in [-0.4, -0.2) is 36.8 Å². The maximum atomic E-state index is 12.1. The number of hydrogen-bond donors (Lipinski definition) is 2. The van der Waals surface area contributed by atoms with Gasteiger partial charge in [0, 0.05) is 37.3 Å². The second-order valence-corrected chi connectivity index (χ2v) is 9.56. The summed E-state index contributed by atoms with van der Waals surface area (Å²) in [5, 5.41) is 1.12. The molecule has 3 N–H and O–H groups in total. The Labute approximate surface area is 224 Å². The second kappa shape index (κ2) is 20.4. The van der Waals surface area contributed by atoms with Crippen molar-refractivity contribution in [2.45, 2.75) is 90.0 Å². The molecule has 0 amide bonds. The van der Waals surface area contributed by atoms with Crippen molar-refractivity contribution in [3.63, 3.8) is 0 Å². The fourth-order valence-corrected chi connectivity index (χ4v) is 4.04. The SMILES string of the molecule is CCCCCC=CCC=CCC=CCCCCCOCCCOC(=O)C(N)Cc1cc2ccccc2[nH]1. The predicted molar refractivity (Wildman–Crippen MR) is 156 cm³/mol. The molecule has 0 saturated heterocycles. The number of nitrogens with one attached hydrogen (secondary N) is 1. The molecule has 0 aliphatic rings. The molecule has 1 atom stereocenters. The van der Waals surface area contributed by atoms with Gasteiger partial charge in [0.15, 0.2) is 0 Å². The van der Waals surface area contributed by atoms with Crippen LogP contribution < -0.4 is 5.73 Å². The highest BCUT2D eigenvalue weighted by Crippen LogP contribution is 2.15. The van der Waals surface area contributed by atoms with Gasteiger partial charge in [-0.2, -0.15) is 0 Å². The summed E-state index contributed by atoms with van der Waals surface area (Å²) < 4.78 is 11.0. The number of H-pyrrole nitrogens is 1. The molecule has 5 heteroatoms. The van der Waals surface area contributed by atoms with E-state index in [0.29, 0.717) is 26.1 Å². The normalized spacial score (nSPS) is 12.9. The summed E-state index contributed by atoms with van der Waals surface area (Å²) in [6.07, 6.45) is 26.5. The van der Waals surface area contributed by atoms with Crippen LogP contribution >= 0.6 is 0 Å². The molecule has 37 heavy (non-hydrogen) atoms. The molecule has 0 aliphatic heterocycles. The van der Waals surface area contributed by atoms with Gasteiger partial charge >= 0.3 is 5.97 Å². The molecule has 0 bridgehead atoms. The standard InChI is InChI=1S/C32H48N2O3/c1-2-3-4-5-6-7-8-9-10-11-12-13-14-15-16-19-23-36-24-20-25-37-32(35)30(33)27-29-26-28-21-17-18-22-31(28)34-29/h6-7,9-10,12-13,17-18,21-22,26,30,34H,2-5,8,11,14-16,19-20,23-25,27,33H2,1H3. The van der Waals surface area contributed by atoms with E-state index in [1.54, 1.807) is 0 Å². The lowest BCUT2D eigenvalue weighted by Crippen LogP contribution is -2.34. The first-order chi connectivity index (χ1) is 18.2. The van der Waals surface area contributed by atoms with E-state index in [0.717, 1.165) is 48.9 Å². The number of esters is 1. The molecule has 5 nitrogen and oxygen atoms in total. The third-order valence-electron chi connectivity index (χ3n) is 6.18. The molecule has 2 rings (SSSR count). The van der Waals surface area contributed by atoms with Gasteiger partial charge in [-0.25, -0.2) is 0 Å². The predicted octanol–water partition coefficient (Wildman–Crippen LogP) is 7.58. The molecular formula is C32H48N2O3. The molecule has 0 fully saturated rings. The number of ether oxygens (including phenoxy) is 2. The Morgan fingerprint density at radius 2 is 1.54 bits per heavy atom. The largest absolute Gasteiger partial charge is 0.464 e. The van der Waals surface area contributed by atoms with Gasteiger partial charge in [-0.15, -0.1) is 0 Å². The van der Waals surface area contributed by atoms with Gasteiger partial charge < -0.3 is 20.2 Å². The molecule has 1 heterocycles. The van der Waals surface area contributed by atoms with Crippen molar-refractivity contribution in [2.24, 2.45) is 5.73 Å². The number of rotatable bonds is 21. The lowest BCUT2D eigenvalue weighted by molar-refractivity contribution is -0.145. The number of carbonyl (C=O) groups is 1. The molecule has 204 valence electrons. The van der Waals surface area contributed by atoms with Crippen LogP contribution in [0.3, 0.4) is 0 Å². The van der Waals surface area contributed by atoms with Gasteiger partial charge in [-0.05, 0) is 62.5 Å². The average molecular weight is 509 g/mol. The van der Waals surface area contributed by atoms with Crippen molar-refractivity contribution >= 4 is 16.9 Å². The smallest absolute Gasteiger partial charge is 0.323 e. The van der Waals surface area contributed by atoms with Crippen LogP contribution in [0.5, 0.6) is 0 Å². The van der Waals surface area contributed by atoms with Crippen molar-refractivity contribution < 1.29 is 14.3 Å². The average Bonchev–Trinajstić information content (AvgIpc) is 3.31. The summed E-state index contributed by atoms with van der Waals surface area (Å²) in [5.41, 5.74) is 8.01. The molecule has 0 saturated carbocycles. The molecule has 2 aromatic rings. The molecule has 1 unspecified atom stereocenters. The maximum absolute atomic E-state index is 12.1. The van der Waals surface area contributed by atoms with Crippen LogP contribution in [0.4, 0.5) is 0 Å². The summed E-state index contributed by atoms with van der Waals surface area (Å²) >= 11 is 0. The van der Waals surface area contributed by atoms with Crippen molar-refractivity contribution in [1.29, 1.82) is 0 Å². The Bertz CT molecular complexity index is 911. The molecule has 0 aliphatic carbocycles. The van der Waals surface area contributed by atoms with Crippen LogP contribution in [0.25, 0.3) is 10.9 Å². The van der Waals surface area contributed by atoms with Crippen LogP contribution in [-0.2, 0) is 20.7 Å². The first kappa shape index (κ1) is 30.6. The number of unbranched alkanes of at least 4 members (excludes halogenated alkanes) is 6. The first-order valence-electron chi connectivity index (χ1n) is 14.2. The zero-order valence-electron chi connectivity index (χ0n) is 22.8. The number of aromatic nitrogens is 1. The van der Waals surface area contributed by atoms with Crippen molar-refractivity contribution in [2.75, 3.05) is 19.8 Å². The molecule has 1 aromatic carbocycles. The number of hydrogen-bond acceptors (Lipinski definition) is 4. The Morgan fingerprint density at radius 1 is 0.865 bits per heavy atom. The van der Waals surface area contributed by atoms with E-state index in [2.05, 4.69) is 48.4 Å². The van der Waals surface area contributed by atoms with Crippen LogP contribution in [0.1, 0.15) is 83.2 Å². The second-order valence-electron chi connectivity index (χ2n) is 9.56. The Balaban J connectivity index is 1.36. The topological polar surface area (TPSA) is 77.3 Å². The fraction of sp³-hybridized carbons (Fsp3) is 0.531. The van der Waals surface area contributed by atoms with Crippen molar-refractivity contribution in [3.05, 3.63) is 72.5 Å². The lowest BCUT2D eigenvalue weighted by Gasteiger charge is -2.11. The minimum atomic E-state index is -0.665. The van der Waals surface area contributed by atoms with Gasteiger partial charge in [0.2, 0.25) is 0 Å². The molecule has 0 spiro atoms. The first-order valence-corrected chi connectivity index (χ1v) is 14.2. The highest BCUT2D eigenvalue weighted by atomic mass is 16.5. The van der Waals surface area contributed by atoms with E-state index in [1.807, 2.05) is 30.3 Å². The summed E-state index contributed by atoms with van der Waals surface area (Å²) in [4.78, 5) is 15.4. The quantitative estimate of drug-likeness (QED) is 0.103. The van der Waals surface area contributed by atoms with Gasteiger partial charge in [-0.3, -0.25) is 4.79 Å². The number of carbonyl (C=O) groups excluding carboxylic acids is 1. The van der Waals surface area contributed by atoms with E-state index < -0.39 is 6.04 Å². The zero-order valence-corrected chi connectivity index (χ0v) is 22.8. The Kier molecular flexibility index (Phi) is 16.9. The van der Waals surface area contributed by atoms with Gasteiger partial charge in [0.05, 0.1) is 6.61 Å². The number of aromatic amines is 1. The molecular weight excluding hydrogens is 460 g/mol. The van der Waals surface area contributed by atoms with E-state index in [9.17, 15) is 4.79 Å². The summed E-state index contributed by atoms with van der Waals surface area (Å²) in [7, 11) is 0. The molecule has 1 aromatic heterocycles. The number of para-hydroxylation sites is 1. The number of allylic oxidation sites excluding steroid dienone is 6. The zero-order chi connectivity index (χ0) is 26.4. The maximum Gasteiger partial charge on any atom is 0.323 e. The number of benzene rings is 1. The van der Waals surface area contributed by atoms with Gasteiger partial charge in [0.1, 0.15) is 6.04 Å². The Morgan fingerprint density at radius 3 is 2.27 bits per heavy atom. The third kappa shape index (κ3) is 14.6. The highest BCUT2D eigenvalue weighted by Gasteiger charge is 2.16. The van der Waals surface area contributed by atoms with Crippen molar-refractivity contribution in [1.82, 2.24) is 4.98 Å². The lowest BCUT2D eigenvalue weighted by atomic mass is 10.1. The van der Waals surface area contributed by atoms with Gasteiger partial charge in [-0.1, -0.05) is 80.8 Å². The Hall–Kier alpha value is -2.63. The van der Waals surface area contributed by atoms with Crippen LogP contribution in [0, 0.1) is 0 Å². The monoisotopic (exact) mass is 508 g/mol. The van der Waals surface area contributed by atoms with Gasteiger partial charge in [0.25, 0.3) is 0 Å². The summed E-state index contributed by atoms with van der Waals surface area (Å²) in [6.45, 7) is 3.94. The number of nitrogens with two attached hydrogens (primary N) is 1. The van der Waals surface area contributed by atoms with Crippen LogP contribution in [0.2, 0.25) is 0 Å². The van der Waals surface area contributed by atoms with Crippen molar-refractivity contribution in [3.8, 4) is 0 Å². The molecule has 0 radical (unpaired) electrons. The number of fused-ring (bicyclic) bond motifs is 1. The van der Waals surface area contributed by atoms with E-state index in [1.165, 1.54) is 38.5 Å².